The molecule has 0 aromatic rings. The molecule has 16 heavy (non-hydrogen) atoms. The van der Waals surface area contributed by atoms with Crippen molar-refractivity contribution >= 4 is 11.8 Å². The van der Waals surface area contributed by atoms with E-state index >= 15 is 0 Å². The molecular formula is C13H25NOS. The van der Waals surface area contributed by atoms with Crippen LogP contribution in [0.5, 0.6) is 0 Å². The Balaban J connectivity index is 1.75. The molecule has 0 radical (unpaired) electrons. The summed E-state index contributed by atoms with van der Waals surface area (Å²) in [5.41, 5.74) is 0.239. The summed E-state index contributed by atoms with van der Waals surface area (Å²) in [6.07, 6.45) is 5.63. The first kappa shape index (κ1) is 12.7. The summed E-state index contributed by atoms with van der Waals surface area (Å²) in [6, 6.07) is 0. The van der Waals surface area contributed by atoms with Gasteiger partial charge in [-0.05, 0) is 62.5 Å². The molecule has 2 unspecified atom stereocenters. The fourth-order valence-corrected chi connectivity index (χ4v) is 4.43. The highest BCUT2D eigenvalue weighted by Crippen LogP contribution is 2.33. The maximum Gasteiger partial charge on any atom is 0.0641 e. The number of hydrogen-bond acceptors (Lipinski definition) is 3. The molecule has 94 valence electrons. The zero-order chi connectivity index (χ0) is 11.4. The number of hydrogen-bond donors (Lipinski definition) is 1. The number of nitrogens with one attached hydrogen (secondary N) is 1. The van der Waals surface area contributed by atoms with Crippen LogP contribution in [-0.4, -0.2) is 37.3 Å². The number of thioether (sulfide) groups is 1. The molecule has 2 heterocycles. The lowest BCUT2D eigenvalue weighted by atomic mass is 9.86. The quantitative estimate of drug-likeness (QED) is 0.820. The maximum atomic E-state index is 5.30. The van der Waals surface area contributed by atoms with Crippen LogP contribution in [0.4, 0.5) is 0 Å². The van der Waals surface area contributed by atoms with Gasteiger partial charge < -0.3 is 10.1 Å². The van der Waals surface area contributed by atoms with Crippen LogP contribution in [0.3, 0.4) is 0 Å². The summed E-state index contributed by atoms with van der Waals surface area (Å²) in [6.45, 7) is 4.35. The van der Waals surface area contributed by atoms with E-state index in [0.29, 0.717) is 0 Å². The summed E-state index contributed by atoms with van der Waals surface area (Å²) < 4.78 is 5.30. The molecule has 2 rings (SSSR count). The molecule has 0 amide bonds. The van der Waals surface area contributed by atoms with E-state index in [1.807, 2.05) is 0 Å². The van der Waals surface area contributed by atoms with Crippen LogP contribution >= 0.6 is 11.8 Å². The van der Waals surface area contributed by atoms with Gasteiger partial charge in [-0.2, -0.15) is 11.8 Å². The summed E-state index contributed by atoms with van der Waals surface area (Å²) in [4.78, 5) is 0. The summed E-state index contributed by atoms with van der Waals surface area (Å²) in [5, 5.41) is 3.64. The predicted molar refractivity (Wildman–Crippen MR) is 71.1 cm³/mol. The van der Waals surface area contributed by atoms with E-state index < -0.39 is 0 Å². The molecule has 2 fully saturated rings. The first-order chi connectivity index (χ1) is 7.72. The molecule has 2 saturated heterocycles. The van der Waals surface area contributed by atoms with Crippen molar-refractivity contribution in [2.75, 3.05) is 31.8 Å². The topological polar surface area (TPSA) is 21.3 Å². The van der Waals surface area contributed by atoms with E-state index in [1.54, 1.807) is 7.11 Å². The molecule has 3 heteroatoms. The smallest absolute Gasteiger partial charge is 0.0641 e. The molecule has 0 aliphatic carbocycles. The van der Waals surface area contributed by atoms with Crippen molar-refractivity contribution in [2.45, 2.75) is 38.1 Å². The molecule has 1 N–H and O–H groups in total. The van der Waals surface area contributed by atoms with E-state index in [4.69, 9.17) is 4.74 Å². The van der Waals surface area contributed by atoms with Crippen molar-refractivity contribution < 1.29 is 4.74 Å². The fraction of sp³-hybridized carbons (Fsp3) is 1.00. The average Bonchev–Trinajstić information content (AvgIpc) is 2.62. The van der Waals surface area contributed by atoms with Crippen molar-refractivity contribution in [3.8, 4) is 0 Å². The van der Waals surface area contributed by atoms with Crippen LogP contribution in [-0.2, 0) is 4.74 Å². The second-order valence-corrected chi connectivity index (χ2v) is 6.96. The van der Waals surface area contributed by atoms with Crippen LogP contribution in [0.1, 0.15) is 32.6 Å². The van der Waals surface area contributed by atoms with Gasteiger partial charge in [0.25, 0.3) is 0 Å². The summed E-state index contributed by atoms with van der Waals surface area (Å²) in [5.74, 6) is 4.66. The standard InChI is InChI=1S/C13H25NOS/c1-13(10-15-2)8-12(9-14-13)7-11-3-5-16-6-4-11/h11-12,14H,3-10H2,1-2H3. The van der Waals surface area contributed by atoms with Crippen LogP contribution in [0, 0.1) is 11.8 Å². The van der Waals surface area contributed by atoms with E-state index in [2.05, 4.69) is 24.0 Å². The lowest BCUT2D eigenvalue weighted by Crippen LogP contribution is -2.40. The first-order valence-electron chi connectivity index (χ1n) is 6.53. The molecule has 0 saturated carbocycles. The van der Waals surface area contributed by atoms with Gasteiger partial charge in [0.2, 0.25) is 0 Å². The lowest BCUT2D eigenvalue weighted by Gasteiger charge is -2.25. The Hall–Kier alpha value is 0.270. The fourth-order valence-electron chi connectivity index (χ4n) is 3.22. The lowest BCUT2D eigenvalue weighted by molar-refractivity contribution is 0.127. The Labute approximate surface area is 104 Å². The molecule has 2 aliphatic rings. The zero-order valence-electron chi connectivity index (χ0n) is 10.6. The summed E-state index contributed by atoms with van der Waals surface area (Å²) >= 11 is 2.13. The predicted octanol–water partition coefficient (Wildman–Crippen LogP) is 2.53. The van der Waals surface area contributed by atoms with Gasteiger partial charge in [0.1, 0.15) is 0 Å². The maximum absolute atomic E-state index is 5.30. The van der Waals surface area contributed by atoms with Gasteiger partial charge in [-0.25, -0.2) is 0 Å². The van der Waals surface area contributed by atoms with Gasteiger partial charge in [-0.3, -0.25) is 0 Å². The van der Waals surface area contributed by atoms with Gasteiger partial charge in [-0.15, -0.1) is 0 Å². The van der Waals surface area contributed by atoms with Crippen molar-refractivity contribution in [1.82, 2.24) is 5.32 Å². The Morgan fingerprint density at radius 1 is 1.31 bits per heavy atom. The van der Waals surface area contributed by atoms with Crippen LogP contribution in [0.25, 0.3) is 0 Å². The zero-order valence-corrected chi connectivity index (χ0v) is 11.4. The second kappa shape index (κ2) is 5.74. The van der Waals surface area contributed by atoms with Gasteiger partial charge in [-0.1, -0.05) is 0 Å². The van der Waals surface area contributed by atoms with E-state index in [9.17, 15) is 0 Å². The minimum atomic E-state index is 0.239. The third-order valence-electron chi connectivity index (χ3n) is 4.03. The molecule has 2 aliphatic heterocycles. The number of methoxy groups -OCH3 is 1. The number of ether oxygens (including phenoxy) is 1. The molecular weight excluding hydrogens is 218 g/mol. The minimum absolute atomic E-state index is 0.239. The van der Waals surface area contributed by atoms with Crippen LogP contribution in [0.15, 0.2) is 0 Å². The van der Waals surface area contributed by atoms with E-state index in [0.717, 1.165) is 18.4 Å². The summed E-state index contributed by atoms with van der Waals surface area (Å²) in [7, 11) is 1.80. The number of rotatable bonds is 4. The highest BCUT2D eigenvalue weighted by atomic mass is 32.2. The largest absolute Gasteiger partial charge is 0.383 e. The second-order valence-electron chi connectivity index (χ2n) is 5.74. The highest BCUT2D eigenvalue weighted by Gasteiger charge is 2.35. The van der Waals surface area contributed by atoms with Crippen molar-refractivity contribution in [2.24, 2.45) is 11.8 Å². The SMILES string of the molecule is COCC1(C)CC(CC2CCSCC2)CN1. The Morgan fingerprint density at radius 3 is 2.75 bits per heavy atom. The minimum Gasteiger partial charge on any atom is -0.383 e. The Morgan fingerprint density at radius 2 is 2.06 bits per heavy atom. The van der Waals surface area contributed by atoms with Gasteiger partial charge in [0.05, 0.1) is 6.61 Å². The third kappa shape index (κ3) is 3.38. The molecule has 0 aromatic carbocycles. The van der Waals surface area contributed by atoms with Gasteiger partial charge in [0.15, 0.2) is 0 Å². The molecule has 2 atom stereocenters. The normalized spacial score (nSPS) is 36.8. The van der Waals surface area contributed by atoms with Crippen molar-refractivity contribution in [1.29, 1.82) is 0 Å². The van der Waals surface area contributed by atoms with E-state index in [1.165, 1.54) is 43.7 Å². The van der Waals surface area contributed by atoms with Crippen LogP contribution < -0.4 is 5.32 Å². The van der Waals surface area contributed by atoms with Gasteiger partial charge in [0, 0.05) is 12.6 Å². The highest BCUT2D eigenvalue weighted by molar-refractivity contribution is 7.99. The first-order valence-corrected chi connectivity index (χ1v) is 7.69. The van der Waals surface area contributed by atoms with Gasteiger partial charge >= 0.3 is 0 Å². The molecule has 0 aromatic heterocycles. The van der Waals surface area contributed by atoms with E-state index in [-0.39, 0.29) is 5.54 Å². The molecule has 0 spiro atoms. The average molecular weight is 243 g/mol. The third-order valence-corrected chi connectivity index (χ3v) is 5.08. The Bertz CT molecular complexity index is 218. The molecule has 2 nitrogen and oxygen atoms in total. The van der Waals surface area contributed by atoms with Crippen LogP contribution in [0.2, 0.25) is 0 Å². The monoisotopic (exact) mass is 243 g/mol. The van der Waals surface area contributed by atoms with Crippen molar-refractivity contribution in [3.05, 3.63) is 0 Å². The molecule has 0 bridgehead atoms. The Kier molecular flexibility index (Phi) is 4.57. The van der Waals surface area contributed by atoms with Crippen molar-refractivity contribution in [3.63, 3.8) is 0 Å².